The van der Waals surface area contributed by atoms with Crippen LogP contribution < -0.4 is 5.32 Å². The Kier molecular flexibility index (Phi) is 6.53. The zero-order chi connectivity index (χ0) is 12.8. The molecule has 98 valence electrons. The number of likely N-dealkylation sites (N-methyl/N-ethyl adjacent to an activating group) is 1. The summed E-state index contributed by atoms with van der Waals surface area (Å²) in [5.74, 6) is 0. The summed E-state index contributed by atoms with van der Waals surface area (Å²) in [6.45, 7) is 12.9. The molecular weight excluding hydrogens is 200 g/mol. The van der Waals surface area contributed by atoms with E-state index in [0.29, 0.717) is 0 Å². The normalized spacial score (nSPS) is 16.5. The van der Waals surface area contributed by atoms with E-state index in [1.54, 1.807) is 0 Å². The van der Waals surface area contributed by atoms with E-state index in [1.807, 2.05) is 0 Å². The Hall–Kier alpha value is -0.120. The fourth-order valence-corrected chi connectivity index (χ4v) is 1.60. The molecular formula is C13H30N2O. The minimum Gasteiger partial charge on any atom is -0.394 e. The number of hydrogen-bond acceptors (Lipinski definition) is 3. The molecule has 0 aliphatic rings. The van der Waals surface area contributed by atoms with E-state index in [4.69, 9.17) is 0 Å². The number of rotatable bonds is 8. The monoisotopic (exact) mass is 230 g/mol. The predicted molar refractivity (Wildman–Crippen MR) is 70.8 cm³/mol. The largest absolute Gasteiger partial charge is 0.394 e. The Labute approximate surface area is 101 Å². The number of aliphatic hydroxyl groups is 1. The summed E-state index contributed by atoms with van der Waals surface area (Å²) in [7, 11) is 2.13. The van der Waals surface area contributed by atoms with Crippen molar-refractivity contribution in [3.8, 4) is 0 Å². The van der Waals surface area contributed by atoms with Gasteiger partial charge < -0.3 is 10.4 Å². The number of aliphatic hydroxyl groups excluding tert-OH is 1. The summed E-state index contributed by atoms with van der Waals surface area (Å²) in [5, 5.41) is 12.9. The number of nitrogens with one attached hydrogen (secondary N) is 1. The zero-order valence-electron chi connectivity index (χ0n) is 11.9. The van der Waals surface area contributed by atoms with Gasteiger partial charge in [0.2, 0.25) is 0 Å². The standard InChI is InChI=1S/C13H30N2O/c1-7-9-14-13(5,11-16)10-15(6)12(3,4)8-2/h14,16H,7-11H2,1-6H3. The van der Waals surface area contributed by atoms with Crippen LogP contribution in [-0.2, 0) is 0 Å². The maximum atomic E-state index is 9.51. The fraction of sp³-hybridized carbons (Fsp3) is 1.00. The summed E-state index contributed by atoms with van der Waals surface area (Å²) >= 11 is 0. The quantitative estimate of drug-likeness (QED) is 0.668. The second-order valence-electron chi connectivity index (χ2n) is 5.67. The molecule has 0 spiro atoms. The molecule has 0 rings (SSSR count). The van der Waals surface area contributed by atoms with Crippen molar-refractivity contribution in [1.82, 2.24) is 10.2 Å². The van der Waals surface area contributed by atoms with Gasteiger partial charge in [0.05, 0.1) is 12.1 Å². The summed E-state index contributed by atoms with van der Waals surface area (Å²) in [6, 6.07) is 0. The predicted octanol–water partition coefficient (Wildman–Crippen LogP) is 1.86. The highest BCUT2D eigenvalue weighted by molar-refractivity contribution is 4.89. The lowest BCUT2D eigenvalue weighted by Gasteiger charge is -2.41. The molecule has 0 fully saturated rings. The molecule has 0 saturated carbocycles. The van der Waals surface area contributed by atoms with Gasteiger partial charge in [-0.05, 0) is 47.2 Å². The first kappa shape index (κ1) is 15.9. The van der Waals surface area contributed by atoms with Crippen LogP contribution in [0.5, 0.6) is 0 Å². The Bertz CT molecular complexity index is 194. The number of nitrogens with zero attached hydrogens (tertiary/aromatic N) is 1. The van der Waals surface area contributed by atoms with Crippen LogP contribution in [0.25, 0.3) is 0 Å². The van der Waals surface area contributed by atoms with Gasteiger partial charge in [0.25, 0.3) is 0 Å². The minimum absolute atomic E-state index is 0.178. The molecule has 1 unspecified atom stereocenters. The topological polar surface area (TPSA) is 35.5 Å². The van der Waals surface area contributed by atoms with Gasteiger partial charge in [-0.15, -0.1) is 0 Å². The van der Waals surface area contributed by atoms with Crippen LogP contribution in [0, 0.1) is 0 Å². The lowest BCUT2D eigenvalue weighted by Crippen LogP contribution is -2.57. The smallest absolute Gasteiger partial charge is 0.0623 e. The molecule has 0 radical (unpaired) electrons. The summed E-state index contributed by atoms with van der Waals surface area (Å²) in [5.41, 5.74) is -0.0124. The molecule has 0 aliphatic heterocycles. The molecule has 0 aliphatic carbocycles. The molecule has 0 aromatic heterocycles. The zero-order valence-corrected chi connectivity index (χ0v) is 11.9. The van der Waals surface area contributed by atoms with Crippen molar-refractivity contribution in [3.63, 3.8) is 0 Å². The van der Waals surface area contributed by atoms with Crippen LogP contribution in [0.3, 0.4) is 0 Å². The van der Waals surface area contributed by atoms with E-state index in [9.17, 15) is 5.11 Å². The second-order valence-corrected chi connectivity index (χ2v) is 5.67. The van der Waals surface area contributed by atoms with Crippen LogP contribution in [0.15, 0.2) is 0 Å². The molecule has 2 N–H and O–H groups in total. The van der Waals surface area contributed by atoms with Crippen molar-refractivity contribution in [2.75, 3.05) is 26.7 Å². The molecule has 0 aromatic carbocycles. The average Bonchev–Trinajstić information content (AvgIpc) is 2.26. The van der Waals surface area contributed by atoms with Gasteiger partial charge >= 0.3 is 0 Å². The number of hydrogen-bond donors (Lipinski definition) is 2. The van der Waals surface area contributed by atoms with E-state index >= 15 is 0 Å². The van der Waals surface area contributed by atoms with Crippen LogP contribution >= 0.6 is 0 Å². The summed E-state index contributed by atoms with van der Waals surface area (Å²) in [4.78, 5) is 2.33. The van der Waals surface area contributed by atoms with E-state index in [2.05, 4.69) is 51.9 Å². The van der Waals surface area contributed by atoms with Crippen molar-refractivity contribution in [1.29, 1.82) is 0 Å². The van der Waals surface area contributed by atoms with E-state index in [0.717, 1.165) is 25.9 Å². The highest BCUT2D eigenvalue weighted by Crippen LogP contribution is 2.19. The first-order valence-electron chi connectivity index (χ1n) is 6.38. The molecule has 0 heterocycles. The van der Waals surface area contributed by atoms with Crippen LogP contribution in [0.1, 0.15) is 47.5 Å². The molecule has 16 heavy (non-hydrogen) atoms. The SMILES string of the molecule is CCCNC(C)(CO)CN(C)C(C)(C)CC. The third-order valence-corrected chi connectivity index (χ3v) is 3.64. The second kappa shape index (κ2) is 6.58. The van der Waals surface area contributed by atoms with E-state index < -0.39 is 0 Å². The Morgan fingerprint density at radius 2 is 1.75 bits per heavy atom. The van der Waals surface area contributed by atoms with Gasteiger partial charge in [-0.2, -0.15) is 0 Å². The van der Waals surface area contributed by atoms with Gasteiger partial charge in [-0.25, -0.2) is 0 Å². The van der Waals surface area contributed by atoms with Crippen molar-refractivity contribution in [3.05, 3.63) is 0 Å². The highest BCUT2D eigenvalue weighted by atomic mass is 16.3. The van der Waals surface area contributed by atoms with Gasteiger partial charge in [0, 0.05) is 12.1 Å². The first-order valence-corrected chi connectivity index (χ1v) is 6.38. The third kappa shape index (κ3) is 4.81. The lowest BCUT2D eigenvalue weighted by atomic mass is 9.95. The Morgan fingerprint density at radius 3 is 2.12 bits per heavy atom. The Balaban J connectivity index is 4.40. The molecule has 1 atom stereocenters. The van der Waals surface area contributed by atoms with Gasteiger partial charge in [0.15, 0.2) is 0 Å². The van der Waals surface area contributed by atoms with Crippen molar-refractivity contribution in [2.24, 2.45) is 0 Å². The van der Waals surface area contributed by atoms with E-state index in [1.165, 1.54) is 0 Å². The molecule has 3 heteroatoms. The van der Waals surface area contributed by atoms with E-state index in [-0.39, 0.29) is 17.7 Å². The molecule has 3 nitrogen and oxygen atoms in total. The third-order valence-electron chi connectivity index (χ3n) is 3.64. The summed E-state index contributed by atoms with van der Waals surface area (Å²) < 4.78 is 0. The maximum Gasteiger partial charge on any atom is 0.0623 e. The lowest BCUT2D eigenvalue weighted by molar-refractivity contribution is 0.0758. The van der Waals surface area contributed by atoms with Gasteiger partial charge in [0.1, 0.15) is 0 Å². The van der Waals surface area contributed by atoms with Crippen LogP contribution in [0.4, 0.5) is 0 Å². The molecule has 0 saturated heterocycles. The van der Waals surface area contributed by atoms with Crippen molar-refractivity contribution in [2.45, 2.75) is 58.5 Å². The van der Waals surface area contributed by atoms with Crippen molar-refractivity contribution >= 4 is 0 Å². The highest BCUT2D eigenvalue weighted by Gasteiger charge is 2.30. The summed E-state index contributed by atoms with van der Waals surface area (Å²) in [6.07, 6.45) is 2.20. The first-order chi connectivity index (χ1) is 7.31. The van der Waals surface area contributed by atoms with Gasteiger partial charge in [-0.3, -0.25) is 4.90 Å². The van der Waals surface area contributed by atoms with Crippen LogP contribution in [-0.4, -0.2) is 47.8 Å². The average molecular weight is 230 g/mol. The van der Waals surface area contributed by atoms with Crippen molar-refractivity contribution < 1.29 is 5.11 Å². The Morgan fingerprint density at radius 1 is 1.19 bits per heavy atom. The minimum atomic E-state index is -0.197. The molecule has 0 aromatic rings. The fourth-order valence-electron chi connectivity index (χ4n) is 1.60. The van der Waals surface area contributed by atoms with Crippen LogP contribution in [0.2, 0.25) is 0 Å². The maximum absolute atomic E-state index is 9.51. The molecule has 0 amide bonds. The molecule has 0 bridgehead atoms. The van der Waals surface area contributed by atoms with Gasteiger partial charge in [-0.1, -0.05) is 13.8 Å².